The molecule has 2 aromatic carbocycles. The summed E-state index contributed by atoms with van der Waals surface area (Å²) in [6, 6.07) is 17.6. The molecule has 0 fully saturated rings. The molecule has 0 amide bonds. The Labute approximate surface area is 114 Å². The maximum atomic E-state index is 12.0. The van der Waals surface area contributed by atoms with Gasteiger partial charge in [-0.1, -0.05) is 66.0 Å². The Bertz CT molecular complexity index is 590. The molecule has 0 radical (unpaired) electrons. The van der Waals surface area contributed by atoms with Crippen LogP contribution in [-0.2, 0) is 0 Å². The summed E-state index contributed by atoms with van der Waals surface area (Å²) in [6.07, 6.45) is 1.73. The minimum atomic E-state index is 0.0680. The third kappa shape index (κ3) is 2.37. The number of rotatable bonds is 2. The fourth-order valence-corrected chi connectivity index (χ4v) is 4.06. The molecule has 2 aromatic rings. The van der Waals surface area contributed by atoms with Crippen LogP contribution < -0.4 is 0 Å². The summed E-state index contributed by atoms with van der Waals surface area (Å²) in [6.45, 7) is 0. The zero-order valence-electron chi connectivity index (χ0n) is 9.50. The van der Waals surface area contributed by atoms with Gasteiger partial charge in [0, 0.05) is 21.4 Å². The number of fused-ring (bicyclic) bond motifs is 1. The van der Waals surface area contributed by atoms with Crippen molar-refractivity contribution in [1.29, 1.82) is 0 Å². The zero-order valence-corrected chi connectivity index (χ0v) is 11.1. The van der Waals surface area contributed by atoms with Crippen LogP contribution in [0.5, 0.6) is 0 Å². The number of carbonyl (C=O) groups is 1. The van der Waals surface area contributed by atoms with E-state index < -0.39 is 0 Å². The normalized spacial score (nSPS) is 13.2. The number of ketones is 1. The number of benzene rings is 2. The summed E-state index contributed by atoms with van der Waals surface area (Å²) in [4.78, 5) is 14.5. The van der Waals surface area contributed by atoms with Crippen LogP contribution in [0.1, 0.15) is 10.4 Å². The Balaban J connectivity index is 1.82. The number of hydrogen-bond donors (Lipinski definition) is 0. The molecule has 88 valence electrons. The van der Waals surface area contributed by atoms with Crippen molar-refractivity contribution in [2.45, 2.75) is 9.79 Å². The molecule has 0 aromatic heterocycles. The first-order valence-electron chi connectivity index (χ1n) is 5.59. The maximum absolute atomic E-state index is 12.0. The van der Waals surface area contributed by atoms with Crippen LogP contribution in [-0.4, -0.2) is 5.78 Å². The molecule has 1 aliphatic heterocycles. The largest absolute Gasteiger partial charge is 0.289 e. The Hall–Kier alpha value is -1.45. The topological polar surface area (TPSA) is 17.1 Å². The van der Waals surface area contributed by atoms with Crippen molar-refractivity contribution in [2.24, 2.45) is 0 Å². The van der Waals surface area contributed by atoms with Gasteiger partial charge >= 0.3 is 0 Å². The third-order valence-electron chi connectivity index (χ3n) is 2.58. The van der Waals surface area contributed by atoms with Gasteiger partial charge in [-0.05, 0) is 12.1 Å². The van der Waals surface area contributed by atoms with E-state index in [1.54, 1.807) is 29.6 Å². The van der Waals surface area contributed by atoms with Crippen molar-refractivity contribution in [3.8, 4) is 0 Å². The van der Waals surface area contributed by atoms with Crippen molar-refractivity contribution in [3.63, 3.8) is 0 Å². The van der Waals surface area contributed by atoms with Gasteiger partial charge < -0.3 is 0 Å². The van der Waals surface area contributed by atoms with E-state index in [4.69, 9.17) is 0 Å². The number of thioether (sulfide) groups is 2. The molecule has 0 unspecified atom stereocenters. The molecule has 0 N–H and O–H groups in total. The standard InChI is InChI=1S/C15H10OS2/c16-12(11-6-2-1-3-7-11)10-15-17-13-8-4-5-9-14(13)18-15/h1-10H. The van der Waals surface area contributed by atoms with Gasteiger partial charge in [0.1, 0.15) is 0 Å². The predicted molar refractivity (Wildman–Crippen MR) is 77.0 cm³/mol. The molecule has 0 spiro atoms. The van der Waals surface area contributed by atoms with Crippen molar-refractivity contribution in [3.05, 3.63) is 70.5 Å². The van der Waals surface area contributed by atoms with E-state index in [0.717, 1.165) is 9.80 Å². The third-order valence-corrected chi connectivity index (χ3v) is 5.00. The lowest BCUT2D eigenvalue weighted by molar-refractivity contribution is 0.104. The fraction of sp³-hybridized carbons (Fsp3) is 0. The molecule has 0 saturated heterocycles. The van der Waals surface area contributed by atoms with E-state index in [1.165, 1.54) is 9.79 Å². The van der Waals surface area contributed by atoms with Crippen LogP contribution >= 0.6 is 23.5 Å². The van der Waals surface area contributed by atoms with Gasteiger partial charge in [0.25, 0.3) is 0 Å². The molecule has 1 heterocycles. The van der Waals surface area contributed by atoms with Crippen LogP contribution in [0.25, 0.3) is 0 Å². The summed E-state index contributed by atoms with van der Waals surface area (Å²) in [5.41, 5.74) is 0.738. The van der Waals surface area contributed by atoms with Crippen molar-refractivity contribution < 1.29 is 4.79 Å². The lowest BCUT2D eigenvalue weighted by Gasteiger charge is -1.96. The Morgan fingerprint density at radius 2 is 1.39 bits per heavy atom. The molecule has 1 nitrogen and oxygen atoms in total. The van der Waals surface area contributed by atoms with E-state index in [0.29, 0.717) is 0 Å². The van der Waals surface area contributed by atoms with Gasteiger partial charge in [-0.15, -0.1) is 0 Å². The van der Waals surface area contributed by atoms with E-state index in [-0.39, 0.29) is 5.78 Å². The lowest BCUT2D eigenvalue weighted by atomic mass is 10.1. The van der Waals surface area contributed by atoms with E-state index >= 15 is 0 Å². The molecule has 0 saturated carbocycles. The monoisotopic (exact) mass is 270 g/mol. The first-order valence-corrected chi connectivity index (χ1v) is 7.22. The first-order chi connectivity index (χ1) is 8.83. The van der Waals surface area contributed by atoms with Crippen LogP contribution in [0.3, 0.4) is 0 Å². The van der Waals surface area contributed by atoms with Gasteiger partial charge in [0.05, 0.1) is 4.24 Å². The lowest BCUT2D eigenvalue weighted by Crippen LogP contribution is -1.93. The van der Waals surface area contributed by atoms with Crippen molar-refractivity contribution in [1.82, 2.24) is 0 Å². The van der Waals surface area contributed by atoms with E-state index in [2.05, 4.69) is 12.1 Å². The van der Waals surface area contributed by atoms with Gasteiger partial charge in [0.2, 0.25) is 0 Å². The van der Waals surface area contributed by atoms with E-state index in [1.807, 2.05) is 42.5 Å². The highest BCUT2D eigenvalue weighted by Gasteiger charge is 2.17. The maximum Gasteiger partial charge on any atom is 0.187 e. The highest BCUT2D eigenvalue weighted by atomic mass is 32.2. The summed E-state index contributed by atoms with van der Waals surface area (Å²) in [7, 11) is 0. The molecule has 1 aliphatic rings. The van der Waals surface area contributed by atoms with Crippen molar-refractivity contribution >= 4 is 29.3 Å². The van der Waals surface area contributed by atoms with Crippen molar-refractivity contribution in [2.75, 3.05) is 0 Å². The second-order valence-electron chi connectivity index (χ2n) is 3.84. The molecule has 18 heavy (non-hydrogen) atoms. The summed E-state index contributed by atoms with van der Waals surface area (Å²) in [5, 5.41) is 0. The SMILES string of the molecule is O=C(C=C1Sc2ccccc2S1)c1ccccc1. The van der Waals surface area contributed by atoms with E-state index in [9.17, 15) is 4.79 Å². The minimum Gasteiger partial charge on any atom is -0.289 e. The Morgan fingerprint density at radius 1 is 0.833 bits per heavy atom. The molecular formula is C15H10OS2. The van der Waals surface area contributed by atoms with Gasteiger partial charge in [-0.25, -0.2) is 0 Å². The number of hydrogen-bond acceptors (Lipinski definition) is 3. The van der Waals surface area contributed by atoms with Gasteiger partial charge in [0.15, 0.2) is 5.78 Å². The van der Waals surface area contributed by atoms with Crippen LogP contribution in [0.4, 0.5) is 0 Å². The molecule has 0 atom stereocenters. The Morgan fingerprint density at radius 3 is 2.00 bits per heavy atom. The molecular weight excluding hydrogens is 260 g/mol. The predicted octanol–water partition coefficient (Wildman–Crippen LogP) is 4.61. The quantitative estimate of drug-likeness (QED) is 0.586. The smallest absolute Gasteiger partial charge is 0.187 e. The second kappa shape index (κ2) is 5.04. The summed E-state index contributed by atoms with van der Waals surface area (Å²) >= 11 is 3.32. The fourth-order valence-electron chi connectivity index (χ4n) is 1.71. The van der Waals surface area contributed by atoms with Gasteiger partial charge in [-0.3, -0.25) is 4.79 Å². The molecule has 0 aliphatic carbocycles. The highest BCUT2D eigenvalue weighted by molar-refractivity contribution is 8.24. The Kier molecular flexibility index (Phi) is 3.26. The highest BCUT2D eigenvalue weighted by Crippen LogP contribution is 2.50. The molecule has 0 bridgehead atoms. The van der Waals surface area contributed by atoms with Crippen LogP contribution in [0.2, 0.25) is 0 Å². The number of allylic oxidation sites excluding steroid dienone is 1. The zero-order chi connectivity index (χ0) is 12.4. The molecule has 3 heteroatoms. The second-order valence-corrected chi connectivity index (χ2v) is 6.27. The number of carbonyl (C=O) groups excluding carboxylic acids is 1. The van der Waals surface area contributed by atoms with Gasteiger partial charge in [-0.2, -0.15) is 0 Å². The minimum absolute atomic E-state index is 0.0680. The summed E-state index contributed by atoms with van der Waals surface area (Å²) < 4.78 is 1.05. The van der Waals surface area contributed by atoms with Crippen LogP contribution in [0.15, 0.2) is 74.7 Å². The molecule has 3 rings (SSSR count). The average molecular weight is 270 g/mol. The average Bonchev–Trinajstić information content (AvgIpc) is 2.82. The van der Waals surface area contributed by atoms with Crippen LogP contribution in [0, 0.1) is 0 Å². The first kappa shape index (κ1) is 11.6. The summed E-state index contributed by atoms with van der Waals surface area (Å²) in [5.74, 6) is 0.0680.